The van der Waals surface area contributed by atoms with Crippen LogP contribution in [0, 0.1) is 0 Å². The molecule has 0 aliphatic carbocycles. The van der Waals surface area contributed by atoms with Crippen molar-refractivity contribution in [2.45, 2.75) is 6.54 Å². The second kappa shape index (κ2) is 4.56. The Hall–Kier alpha value is -2.63. The summed E-state index contributed by atoms with van der Waals surface area (Å²) in [4.78, 5) is 12.4. The van der Waals surface area contributed by atoms with Crippen LogP contribution in [0.5, 0.6) is 5.75 Å². The number of ether oxygens (including phenoxy) is 1. The van der Waals surface area contributed by atoms with E-state index >= 15 is 0 Å². The van der Waals surface area contributed by atoms with Gasteiger partial charge in [-0.25, -0.2) is 15.0 Å². The van der Waals surface area contributed by atoms with Crippen molar-refractivity contribution in [1.29, 1.82) is 0 Å². The normalized spacial score (nSPS) is 10.8. The molecule has 0 saturated heterocycles. The highest BCUT2D eigenvalue weighted by molar-refractivity contribution is 5.81. The lowest BCUT2D eigenvalue weighted by molar-refractivity contribution is 0.414. The molecule has 0 spiro atoms. The number of hydrogen-bond acceptors (Lipinski definition) is 5. The molecule has 3 aromatic rings. The number of imidazole rings is 1. The number of rotatable bonds is 3. The van der Waals surface area contributed by atoms with Crippen LogP contribution in [-0.2, 0) is 6.54 Å². The van der Waals surface area contributed by atoms with Gasteiger partial charge >= 0.3 is 0 Å². The minimum absolute atomic E-state index is 0.401. The van der Waals surface area contributed by atoms with Crippen LogP contribution in [0.15, 0.2) is 36.9 Å². The monoisotopic (exact) mass is 255 g/mol. The molecule has 0 fully saturated rings. The first-order chi connectivity index (χ1) is 9.28. The Balaban J connectivity index is 1.94. The van der Waals surface area contributed by atoms with E-state index in [1.807, 2.05) is 28.8 Å². The van der Waals surface area contributed by atoms with Crippen molar-refractivity contribution < 1.29 is 4.74 Å². The van der Waals surface area contributed by atoms with E-state index in [-0.39, 0.29) is 0 Å². The van der Waals surface area contributed by atoms with Gasteiger partial charge in [-0.1, -0.05) is 12.1 Å². The van der Waals surface area contributed by atoms with Crippen LogP contribution >= 0.6 is 0 Å². The molecule has 6 nitrogen and oxygen atoms in total. The fraction of sp³-hybridized carbons (Fsp3) is 0.154. The van der Waals surface area contributed by atoms with Crippen molar-refractivity contribution in [3.05, 3.63) is 42.5 Å². The lowest BCUT2D eigenvalue weighted by Crippen LogP contribution is -2.00. The summed E-state index contributed by atoms with van der Waals surface area (Å²) in [6.07, 6.45) is 3.17. The number of fused-ring (bicyclic) bond motifs is 1. The van der Waals surface area contributed by atoms with E-state index in [1.54, 1.807) is 13.4 Å². The highest BCUT2D eigenvalue weighted by Crippen LogP contribution is 2.17. The number of benzene rings is 1. The molecule has 6 heteroatoms. The zero-order valence-electron chi connectivity index (χ0n) is 10.4. The maximum Gasteiger partial charge on any atom is 0.165 e. The summed E-state index contributed by atoms with van der Waals surface area (Å²) < 4.78 is 7.07. The Morgan fingerprint density at radius 3 is 2.68 bits per heavy atom. The quantitative estimate of drug-likeness (QED) is 0.766. The fourth-order valence-electron chi connectivity index (χ4n) is 1.94. The Morgan fingerprint density at radius 2 is 1.95 bits per heavy atom. The van der Waals surface area contributed by atoms with Crippen molar-refractivity contribution in [1.82, 2.24) is 19.5 Å². The van der Waals surface area contributed by atoms with Gasteiger partial charge in [-0.05, 0) is 17.7 Å². The van der Waals surface area contributed by atoms with E-state index in [1.165, 1.54) is 6.33 Å². The molecule has 0 unspecified atom stereocenters. The van der Waals surface area contributed by atoms with Gasteiger partial charge in [0.1, 0.15) is 17.6 Å². The molecule has 0 amide bonds. The predicted molar refractivity (Wildman–Crippen MR) is 71.8 cm³/mol. The highest BCUT2D eigenvalue weighted by atomic mass is 16.5. The summed E-state index contributed by atoms with van der Waals surface area (Å²) in [5.74, 6) is 1.24. The third-order valence-electron chi connectivity index (χ3n) is 2.94. The summed E-state index contributed by atoms with van der Waals surface area (Å²) in [6, 6.07) is 7.88. The summed E-state index contributed by atoms with van der Waals surface area (Å²) in [5.41, 5.74) is 8.27. The smallest absolute Gasteiger partial charge is 0.165 e. The Labute approximate surface area is 109 Å². The van der Waals surface area contributed by atoms with Crippen LogP contribution in [-0.4, -0.2) is 26.6 Å². The lowest BCUT2D eigenvalue weighted by Gasteiger charge is -2.05. The average Bonchev–Trinajstić information content (AvgIpc) is 2.84. The second-order valence-corrected chi connectivity index (χ2v) is 4.15. The molecule has 0 aliphatic rings. The number of hydrogen-bond donors (Lipinski definition) is 1. The van der Waals surface area contributed by atoms with E-state index < -0.39 is 0 Å². The first-order valence-corrected chi connectivity index (χ1v) is 5.82. The predicted octanol–water partition coefficient (Wildman–Crippen LogP) is 1.47. The van der Waals surface area contributed by atoms with E-state index in [0.717, 1.165) is 17.0 Å². The number of anilines is 1. The molecular weight excluding hydrogens is 242 g/mol. The SMILES string of the molecule is COc1ccc(Cn2cnc3c(N)ncnc32)cc1. The number of nitrogens with two attached hydrogens (primary N) is 1. The molecule has 0 bridgehead atoms. The van der Waals surface area contributed by atoms with Gasteiger partial charge in [-0.2, -0.15) is 0 Å². The minimum atomic E-state index is 0.401. The topological polar surface area (TPSA) is 78.9 Å². The molecule has 0 saturated carbocycles. The summed E-state index contributed by atoms with van der Waals surface area (Å²) in [5, 5.41) is 0. The average molecular weight is 255 g/mol. The summed E-state index contributed by atoms with van der Waals surface area (Å²) >= 11 is 0. The second-order valence-electron chi connectivity index (χ2n) is 4.15. The van der Waals surface area contributed by atoms with Crippen LogP contribution in [0.25, 0.3) is 11.2 Å². The standard InChI is InChI=1S/C13H13N5O/c1-19-10-4-2-9(3-5-10)6-18-8-17-11-12(14)15-7-16-13(11)18/h2-5,7-8H,6H2,1H3,(H2,14,15,16). The molecule has 0 atom stereocenters. The first kappa shape index (κ1) is 11.5. The van der Waals surface area contributed by atoms with Crippen molar-refractivity contribution in [3.8, 4) is 5.75 Å². The van der Waals surface area contributed by atoms with Crippen molar-refractivity contribution >= 4 is 17.0 Å². The van der Waals surface area contributed by atoms with E-state index in [0.29, 0.717) is 17.9 Å². The number of nitrogens with zero attached hydrogens (tertiary/aromatic N) is 4. The lowest BCUT2D eigenvalue weighted by atomic mass is 10.2. The van der Waals surface area contributed by atoms with Gasteiger partial charge in [0, 0.05) is 0 Å². The maximum absolute atomic E-state index is 5.76. The summed E-state index contributed by atoms with van der Waals surface area (Å²) in [7, 11) is 1.65. The zero-order valence-corrected chi connectivity index (χ0v) is 10.4. The number of aromatic nitrogens is 4. The van der Waals surface area contributed by atoms with E-state index in [2.05, 4.69) is 15.0 Å². The summed E-state index contributed by atoms with van der Waals surface area (Å²) in [6.45, 7) is 0.678. The zero-order chi connectivity index (χ0) is 13.2. The Morgan fingerprint density at radius 1 is 1.16 bits per heavy atom. The number of methoxy groups -OCH3 is 1. The molecule has 96 valence electrons. The molecule has 19 heavy (non-hydrogen) atoms. The van der Waals surface area contributed by atoms with E-state index in [4.69, 9.17) is 10.5 Å². The largest absolute Gasteiger partial charge is 0.497 e. The van der Waals surface area contributed by atoms with Crippen LogP contribution in [0.3, 0.4) is 0 Å². The molecule has 0 radical (unpaired) electrons. The number of nitrogen functional groups attached to an aromatic ring is 1. The molecular formula is C13H13N5O. The molecule has 2 heterocycles. The van der Waals surface area contributed by atoms with Gasteiger partial charge < -0.3 is 15.0 Å². The minimum Gasteiger partial charge on any atom is -0.497 e. The van der Waals surface area contributed by atoms with Crippen LogP contribution < -0.4 is 10.5 Å². The van der Waals surface area contributed by atoms with Gasteiger partial charge in [0.05, 0.1) is 20.0 Å². The van der Waals surface area contributed by atoms with Crippen LogP contribution in [0.4, 0.5) is 5.82 Å². The Kier molecular flexibility index (Phi) is 2.75. The van der Waals surface area contributed by atoms with Gasteiger partial charge in [-0.3, -0.25) is 0 Å². The third-order valence-corrected chi connectivity index (χ3v) is 2.94. The van der Waals surface area contributed by atoms with Crippen molar-refractivity contribution in [2.75, 3.05) is 12.8 Å². The van der Waals surface area contributed by atoms with Gasteiger partial charge in [0.2, 0.25) is 0 Å². The molecule has 1 aromatic carbocycles. The molecule has 2 N–H and O–H groups in total. The van der Waals surface area contributed by atoms with Crippen LogP contribution in [0.2, 0.25) is 0 Å². The van der Waals surface area contributed by atoms with E-state index in [9.17, 15) is 0 Å². The molecule has 3 rings (SSSR count). The molecule has 0 aliphatic heterocycles. The van der Waals surface area contributed by atoms with Gasteiger partial charge in [0.25, 0.3) is 0 Å². The highest BCUT2D eigenvalue weighted by Gasteiger charge is 2.07. The maximum atomic E-state index is 5.76. The third kappa shape index (κ3) is 2.08. The van der Waals surface area contributed by atoms with Crippen LogP contribution in [0.1, 0.15) is 5.56 Å². The van der Waals surface area contributed by atoms with Gasteiger partial charge in [-0.15, -0.1) is 0 Å². The fourth-order valence-corrected chi connectivity index (χ4v) is 1.94. The van der Waals surface area contributed by atoms with Crippen molar-refractivity contribution in [2.24, 2.45) is 0 Å². The molecule has 2 aromatic heterocycles. The van der Waals surface area contributed by atoms with Gasteiger partial charge in [0.15, 0.2) is 11.5 Å². The Bertz CT molecular complexity index is 705. The van der Waals surface area contributed by atoms with Crippen molar-refractivity contribution in [3.63, 3.8) is 0 Å². The first-order valence-electron chi connectivity index (χ1n) is 5.82.